The van der Waals surface area contributed by atoms with Crippen LogP contribution in [0.4, 0.5) is 0 Å². The van der Waals surface area contributed by atoms with Crippen molar-refractivity contribution >= 4 is 5.91 Å². The smallest absolute Gasteiger partial charge is 0.237 e. The monoisotopic (exact) mass is 287 g/mol. The minimum atomic E-state index is -0.0340. The number of nitrogens with one attached hydrogen (secondary N) is 1. The molecule has 0 spiro atoms. The van der Waals surface area contributed by atoms with Crippen LogP contribution in [0.5, 0.6) is 5.75 Å². The number of piperidine rings is 1. The molecule has 1 amide bonds. The molecular weight excluding hydrogens is 266 g/mol. The third-order valence-electron chi connectivity index (χ3n) is 3.79. The van der Waals surface area contributed by atoms with Crippen LogP contribution in [-0.4, -0.2) is 43.6 Å². The minimum Gasteiger partial charge on any atom is -0.492 e. The van der Waals surface area contributed by atoms with Crippen molar-refractivity contribution < 1.29 is 9.53 Å². The van der Waals surface area contributed by atoms with Crippen molar-refractivity contribution in [3.8, 4) is 11.8 Å². The summed E-state index contributed by atoms with van der Waals surface area (Å²) in [5.74, 6) is 0.843. The van der Waals surface area contributed by atoms with Crippen LogP contribution in [0.15, 0.2) is 24.3 Å². The zero-order valence-electron chi connectivity index (χ0n) is 12.3. The highest BCUT2D eigenvalue weighted by molar-refractivity contribution is 5.81. The Balaban J connectivity index is 1.83. The van der Waals surface area contributed by atoms with Gasteiger partial charge in [-0.3, -0.25) is 9.69 Å². The second-order valence-corrected chi connectivity index (χ2v) is 5.15. The van der Waals surface area contributed by atoms with Gasteiger partial charge in [-0.05, 0) is 43.7 Å². The molecule has 1 heterocycles. The van der Waals surface area contributed by atoms with E-state index in [0.29, 0.717) is 12.2 Å². The van der Waals surface area contributed by atoms with Gasteiger partial charge in [0.25, 0.3) is 0 Å². The third-order valence-corrected chi connectivity index (χ3v) is 3.79. The first-order valence-electron chi connectivity index (χ1n) is 7.33. The lowest BCUT2D eigenvalue weighted by Crippen LogP contribution is -2.49. The Morgan fingerprint density at radius 1 is 1.43 bits per heavy atom. The summed E-state index contributed by atoms with van der Waals surface area (Å²) in [5.41, 5.74) is 0.623. The number of ether oxygens (including phenoxy) is 1. The van der Waals surface area contributed by atoms with Gasteiger partial charge in [0.05, 0.1) is 17.7 Å². The first-order valence-corrected chi connectivity index (χ1v) is 7.33. The van der Waals surface area contributed by atoms with E-state index in [1.807, 2.05) is 0 Å². The molecule has 0 bridgehead atoms. The summed E-state index contributed by atoms with van der Waals surface area (Å²) in [7, 11) is 1.68. The SMILES string of the molecule is CNC(=O)C1CCCCN1CCOc1ccc(C#N)cc1. The zero-order chi connectivity index (χ0) is 15.1. The normalized spacial score (nSPS) is 18.8. The molecule has 1 aliphatic heterocycles. The van der Waals surface area contributed by atoms with Gasteiger partial charge in [-0.25, -0.2) is 0 Å². The Morgan fingerprint density at radius 2 is 2.19 bits per heavy atom. The summed E-state index contributed by atoms with van der Waals surface area (Å²) in [6.07, 6.45) is 3.14. The topological polar surface area (TPSA) is 65.4 Å². The summed E-state index contributed by atoms with van der Waals surface area (Å²) in [6, 6.07) is 9.12. The summed E-state index contributed by atoms with van der Waals surface area (Å²) >= 11 is 0. The molecular formula is C16H21N3O2. The summed E-state index contributed by atoms with van der Waals surface area (Å²) in [4.78, 5) is 14.0. The molecule has 112 valence electrons. The molecule has 5 heteroatoms. The fraction of sp³-hybridized carbons (Fsp3) is 0.500. The molecule has 0 radical (unpaired) electrons. The van der Waals surface area contributed by atoms with E-state index in [1.54, 1.807) is 31.3 Å². The fourth-order valence-corrected chi connectivity index (χ4v) is 2.63. The fourth-order valence-electron chi connectivity index (χ4n) is 2.63. The van der Waals surface area contributed by atoms with Crippen molar-refractivity contribution in [2.45, 2.75) is 25.3 Å². The van der Waals surface area contributed by atoms with Crippen LogP contribution in [0.1, 0.15) is 24.8 Å². The Kier molecular flexibility index (Phi) is 5.59. The zero-order valence-corrected chi connectivity index (χ0v) is 12.3. The molecule has 1 atom stereocenters. The van der Waals surface area contributed by atoms with E-state index < -0.39 is 0 Å². The van der Waals surface area contributed by atoms with E-state index in [2.05, 4.69) is 16.3 Å². The maximum Gasteiger partial charge on any atom is 0.237 e. The van der Waals surface area contributed by atoms with Crippen LogP contribution in [0.3, 0.4) is 0 Å². The van der Waals surface area contributed by atoms with E-state index in [0.717, 1.165) is 38.1 Å². The van der Waals surface area contributed by atoms with Crippen LogP contribution >= 0.6 is 0 Å². The van der Waals surface area contributed by atoms with Gasteiger partial charge in [0.2, 0.25) is 5.91 Å². The number of hydrogen-bond donors (Lipinski definition) is 1. The van der Waals surface area contributed by atoms with Crippen molar-refractivity contribution in [1.82, 2.24) is 10.2 Å². The van der Waals surface area contributed by atoms with E-state index in [1.165, 1.54) is 0 Å². The Bertz CT molecular complexity index is 507. The molecule has 1 aromatic carbocycles. The molecule has 0 aromatic heterocycles. The lowest BCUT2D eigenvalue weighted by Gasteiger charge is -2.34. The van der Waals surface area contributed by atoms with Gasteiger partial charge in [0.1, 0.15) is 12.4 Å². The van der Waals surface area contributed by atoms with E-state index in [-0.39, 0.29) is 11.9 Å². The number of carbonyl (C=O) groups is 1. The molecule has 1 aromatic rings. The number of carbonyl (C=O) groups excluding carboxylic acids is 1. The maximum atomic E-state index is 11.9. The van der Waals surface area contributed by atoms with Gasteiger partial charge in [-0.15, -0.1) is 0 Å². The van der Waals surface area contributed by atoms with Crippen LogP contribution in [0.25, 0.3) is 0 Å². The summed E-state index contributed by atoms with van der Waals surface area (Å²) < 4.78 is 5.69. The molecule has 21 heavy (non-hydrogen) atoms. The number of nitrogens with zero attached hydrogens (tertiary/aromatic N) is 2. The second kappa shape index (κ2) is 7.65. The molecule has 2 rings (SSSR count). The molecule has 1 unspecified atom stereocenters. The molecule has 5 nitrogen and oxygen atoms in total. The molecule has 1 aliphatic rings. The Morgan fingerprint density at radius 3 is 2.86 bits per heavy atom. The lowest BCUT2D eigenvalue weighted by molar-refractivity contribution is -0.127. The average Bonchev–Trinajstić information content (AvgIpc) is 2.55. The largest absolute Gasteiger partial charge is 0.492 e. The Labute approximate surface area is 125 Å². The average molecular weight is 287 g/mol. The molecule has 1 fully saturated rings. The van der Waals surface area contributed by atoms with Crippen molar-refractivity contribution in [1.29, 1.82) is 5.26 Å². The standard InChI is InChI=1S/C16H21N3O2/c1-18-16(20)15-4-2-3-9-19(15)10-11-21-14-7-5-13(12-17)6-8-14/h5-8,15H,2-4,9-11H2,1H3,(H,18,20). The van der Waals surface area contributed by atoms with Gasteiger partial charge in [-0.1, -0.05) is 6.42 Å². The highest BCUT2D eigenvalue weighted by Crippen LogP contribution is 2.17. The number of likely N-dealkylation sites (tertiary alicyclic amines) is 1. The number of likely N-dealkylation sites (N-methyl/N-ethyl adjacent to an activating group) is 1. The van der Waals surface area contributed by atoms with Crippen molar-refractivity contribution in [3.05, 3.63) is 29.8 Å². The highest BCUT2D eigenvalue weighted by atomic mass is 16.5. The van der Waals surface area contributed by atoms with Crippen molar-refractivity contribution in [3.63, 3.8) is 0 Å². The van der Waals surface area contributed by atoms with E-state index in [9.17, 15) is 4.79 Å². The predicted molar refractivity (Wildman–Crippen MR) is 79.9 cm³/mol. The lowest BCUT2D eigenvalue weighted by atomic mass is 10.0. The van der Waals surface area contributed by atoms with Crippen LogP contribution in [0, 0.1) is 11.3 Å². The van der Waals surface area contributed by atoms with Crippen LogP contribution < -0.4 is 10.1 Å². The van der Waals surface area contributed by atoms with Crippen LogP contribution in [-0.2, 0) is 4.79 Å². The van der Waals surface area contributed by atoms with E-state index in [4.69, 9.17) is 10.00 Å². The van der Waals surface area contributed by atoms with Crippen LogP contribution in [0.2, 0.25) is 0 Å². The molecule has 1 N–H and O–H groups in total. The predicted octanol–water partition coefficient (Wildman–Crippen LogP) is 1.54. The molecule has 0 aliphatic carbocycles. The first-order chi connectivity index (χ1) is 10.2. The minimum absolute atomic E-state index is 0.0340. The van der Waals surface area contributed by atoms with Crippen molar-refractivity contribution in [2.24, 2.45) is 0 Å². The van der Waals surface area contributed by atoms with Crippen molar-refractivity contribution in [2.75, 3.05) is 26.7 Å². The Hall–Kier alpha value is -2.06. The number of amides is 1. The summed E-state index contributed by atoms with van der Waals surface area (Å²) in [6.45, 7) is 2.21. The third kappa shape index (κ3) is 4.20. The van der Waals surface area contributed by atoms with E-state index >= 15 is 0 Å². The maximum absolute atomic E-state index is 11.9. The van der Waals surface area contributed by atoms with Gasteiger partial charge < -0.3 is 10.1 Å². The quantitative estimate of drug-likeness (QED) is 0.892. The first kappa shape index (κ1) is 15.3. The molecule has 0 saturated carbocycles. The summed E-state index contributed by atoms with van der Waals surface area (Å²) in [5, 5.41) is 11.5. The van der Waals surface area contributed by atoms with Gasteiger partial charge in [-0.2, -0.15) is 5.26 Å². The van der Waals surface area contributed by atoms with Gasteiger partial charge in [0.15, 0.2) is 0 Å². The second-order valence-electron chi connectivity index (χ2n) is 5.15. The highest BCUT2D eigenvalue weighted by Gasteiger charge is 2.27. The number of rotatable bonds is 5. The number of hydrogen-bond acceptors (Lipinski definition) is 4. The number of nitriles is 1. The molecule has 1 saturated heterocycles. The van der Waals surface area contributed by atoms with Gasteiger partial charge in [0, 0.05) is 13.6 Å². The number of benzene rings is 1. The van der Waals surface area contributed by atoms with Gasteiger partial charge >= 0.3 is 0 Å².